The van der Waals surface area contributed by atoms with Gasteiger partial charge in [-0.15, -0.1) is 5.10 Å². The van der Waals surface area contributed by atoms with Gasteiger partial charge < -0.3 is 5.73 Å². The zero-order valence-corrected chi connectivity index (χ0v) is 8.03. The van der Waals surface area contributed by atoms with Crippen LogP contribution >= 0.6 is 11.8 Å². The Balaban J connectivity index is 2.24. The largest absolute Gasteiger partial charge is 0.326 e. The van der Waals surface area contributed by atoms with Gasteiger partial charge in [-0.1, -0.05) is 0 Å². The number of hydrogen-bond acceptors (Lipinski definition) is 6. The number of nitrogens with zero attached hydrogens (tertiary/aromatic N) is 4. The highest BCUT2D eigenvalue weighted by atomic mass is 32.2. The molecule has 7 heteroatoms. The number of aromatic nitrogens is 5. The molecule has 2 aromatic heterocycles. The molecule has 14 heavy (non-hydrogen) atoms. The minimum atomic E-state index is 0.436. The van der Waals surface area contributed by atoms with Crippen LogP contribution in [0.1, 0.15) is 5.56 Å². The predicted octanol–water partition coefficient (Wildman–Crippen LogP) is 0.205. The Morgan fingerprint density at radius 2 is 2.43 bits per heavy atom. The van der Waals surface area contributed by atoms with Crippen molar-refractivity contribution in [1.82, 2.24) is 25.4 Å². The normalized spacial score (nSPS) is 10.4. The molecule has 2 rings (SSSR count). The average Bonchev–Trinajstić information content (AvgIpc) is 2.71. The quantitative estimate of drug-likeness (QED) is 0.748. The maximum Gasteiger partial charge on any atom is 0.189 e. The van der Waals surface area contributed by atoms with Crippen LogP contribution in [0, 0.1) is 0 Å². The Labute approximate surface area is 84.3 Å². The van der Waals surface area contributed by atoms with Crippen LogP contribution in [-0.4, -0.2) is 25.4 Å². The lowest BCUT2D eigenvalue weighted by Gasteiger charge is -2.01. The first kappa shape index (κ1) is 9.10. The van der Waals surface area contributed by atoms with E-state index in [1.807, 2.05) is 6.07 Å². The highest BCUT2D eigenvalue weighted by molar-refractivity contribution is 7.99. The molecule has 0 aliphatic carbocycles. The van der Waals surface area contributed by atoms with Crippen molar-refractivity contribution in [3.63, 3.8) is 0 Å². The number of hydrogen-bond donors (Lipinski definition) is 2. The summed E-state index contributed by atoms with van der Waals surface area (Å²) in [5, 5.41) is 15.7. The molecular formula is C7H8N6S. The number of rotatable bonds is 3. The summed E-state index contributed by atoms with van der Waals surface area (Å²) in [4.78, 5) is 3.97. The lowest BCUT2D eigenvalue weighted by molar-refractivity contribution is 0.860. The van der Waals surface area contributed by atoms with E-state index in [0.29, 0.717) is 11.7 Å². The van der Waals surface area contributed by atoms with Crippen LogP contribution < -0.4 is 5.73 Å². The zero-order chi connectivity index (χ0) is 9.80. The van der Waals surface area contributed by atoms with Gasteiger partial charge in [-0.2, -0.15) is 10.2 Å². The Morgan fingerprint density at radius 1 is 1.50 bits per heavy atom. The third kappa shape index (κ3) is 1.88. The van der Waals surface area contributed by atoms with Crippen molar-refractivity contribution in [1.29, 1.82) is 0 Å². The number of H-pyrrole nitrogens is 1. The first-order valence-corrected chi connectivity index (χ1v) is 4.75. The summed E-state index contributed by atoms with van der Waals surface area (Å²) in [6.45, 7) is 0.436. The van der Waals surface area contributed by atoms with Crippen LogP contribution in [0.2, 0.25) is 0 Å². The third-order valence-electron chi connectivity index (χ3n) is 1.57. The summed E-state index contributed by atoms with van der Waals surface area (Å²) in [5.41, 5.74) is 6.50. The van der Waals surface area contributed by atoms with Gasteiger partial charge in [-0.05, 0) is 17.8 Å². The van der Waals surface area contributed by atoms with Gasteiger partial charge in [0.05, 0.1) is 0 Å². The lowest BCUT2D eigenvalue weighted by atomic mass is 10.3. The fourth-order valence-corrected chi connectivity index (χ4v) is 1.67. The van der Waals surface area contributed by atoms with Crippen LogP contribution in [0.25, 0.3) is 0 Å². The molecule has 3 N–H and O–H groups in total. The van der Waals surface area contributed by atoms with Gasteiger partial charge in [0.1, 0.15) is 11.4 Å². The van der Waals surface area contributed by atoms with E-state index in [-0.39, 0.29) is 0 Å². The molecule has 72 valence electrons. The summed E-state index contributed by atoms with van der Waals surface area (Å²) in [7, 11) is 0. The first-order valence-electron chi connectivity index (χ1n) is 3.94. The fraction of sp³-hybridized carbons (Fsp3) is 0.143. The highest BCUT2D eigenvalue weighted by Crippen LogP contribution is 2.23. The smallest absolute Gasteiger partial charge is 0.189 e. The summed E-state index contributed by atoms with van der Waals surface area (Å²) in [6.07, 6.45) is 3.06. The van der Waals surface area contributed by atoms with Crippen LogP contribution in [0.4, 0.5) is 0 Å². The van der Waals surface area contributed by atoms with Gasteiger partial charge in [0.15, 0.2) is 5.16 Å². The van der Waals surface area contributed by atoms with Crippen molar-refractivity contribution < 1.29 is 0 Å². The molecule has 0 aliphatic rings. The van der Waals surface area contributed by atoms with Crippen molar-refractivity contribution in [2.45, 2.75) is 16.7 Å². The topological polar surface area (TPSA) is 93.4 Å². The maximum atomic E-state index is 5.55. The van der Waals surface area contributed by atoms with E-state index in [9.17, 15) is 0 Å². The maximum absolute atomic E-state index is 5.55. The van der Waals surface area contributed by atoms with E-state index in [1.165, 1.54) is 18.1 Å². The van der Waals surface area contributed by atoms with Gasteiger partial charge in [0.2, 0.25) is 0 Å². The molecule has 0 unspecified atom stereocenters. The summed E-state index contributed by atoms with van der Waals surface area (Å²) in [6, 6.07) is 1.84. The van der Waals surface area contributed by atoms with Crippen LogP contribution in [-0.2, 0) is 6.54 Å². The highest BCUT2D eigenvalue weighted by Gasteiger charge is 2.06. The van der Waals surface area contributed by atoms with E-state index in [2.05, 4.69) is 25.4 Å². The molecule has 0 fully saturated rings. The molecule has 2 aromatic rings. The van der Waals surface area contributed by atoms with Crippen LogP contribution in [0.5, 0.6) is 0 Å². The first-order chi connectivity index (χ1) is 6.90. The minimum absolute atomic E-state index is 0.436. The van der Waals surface area contributed by atoms with Gasteiger partial charge in [0.25, 0.3) is 0 Å². The monoisotopic (exact) mass is 208 g/mol. The van der Waals surface area contributed by atoms with Crippen molar-refractivity contribution >= 4 is 11.8 Å². The van der Waals surface area contributed by atoms with Crippen LogP contribution in [0.3, 0.4) is 0 Å². The second-order valence-corrected chi connectivity index (χ2v) is 3.44. The van der Waals surface area contributed by atoms with E-state index in [1.54, 1.807) is 6.20 Å². The van der Waals surface area contributed by atoms with Crippen molar-refractivity contribution in [2.24, 2.45) is 5.73 Å². The van der Waals surface area contributed by atoms with Crippen molar-refractivity contribution in [3.05, 3.63) is 24.2 Å². The summed E-state index contributed by atoms with van der Waals surface area (Å²) < 4.78 is 0. The second-order valence-electron chi connectivity index (χ2n) is 2.46. The molecule has 0 spiro atoms. The fourth-order valence-electron chi connectivity index (χ4n) is 0.921. The number of nitrogens with one attached hydrogen (secondary N) is 1. The molecule has 6 nitrogen and oxygen atoms in total. The van der Waals surface area contributed by atoms with Gasteiger partial charge in [0, 0.05) is 18.3 Å². The molecule has 0 aliphatic heterocycles. The van der Waals surface area contributed by atoms with Crippen molar-refractivity contribution in [3.8, 4) is 0 Å². The Morgan fingerprint density at radius 3 is 3.14 bits per heavy atom. The van der Waals surface area contributed by atoms with Gasteiger partial charge >= 0.3 is 0 Å². The molecule has 0 amide bonds. The Kier molecular flexibility index (Phi) is 2.70. The Hall–Kier alpha value is -1.47. The van der Waals surface area contributed by atoms with E-state index < -0.39 is 0 Å². The van der Waals surface area contributed by atoms with Gasteiger partial charge in [-0.3, -0.25) is 5.10 Å². The summed E-state index contributed by atoms with van der Waals surface area (Å²) in [5.74, 6) is 0. The third-order valence-corrected chi connectivity index (χ3v) is 2.50. The lowest BCUT2D eigenvalue weighted by Crippen LogP contribution is -2.00. The average molecular weight is 208 g/mol. The molecule has 0 bridgehead atoms. The molecular weight excluding hydrogens is 200 g/mol. The molecule has 0 saturated heterocycles. The van der Waals surface area contributed by atoms with E-state index in [0.717, 1.165) is 10.6 Å². The molecule has 0 radical (unpaired) electrons. The Bertz CT molecular complexity index is 400. The van der Waals surface area contributed by atoms with E-state index >= 15 is 0 Å². The van der Waals surface area contributed by atoms with E-state index in [4.69, 9.17) is 5.73 Å². The molecule has 0 atom stereocenters. The van der Waals surface area contributed by atoms with Gasteiger partial charge in [-0.25, -0.2) is 4.98 Å². The number of nitrogens with two attached hydrogens (primary N) is 1. The molecule has 2 heterocycles. The van der Waals surface area contributed by atoms with Crippen molar-refractivity contribution in [2.75, 3.05) is 0 Å². The van der Waals surface area contributed by atoms with Crippen LogP contribution in [0.15, 0.2) is 28.8 Å². The minimum Gasteiger partial charge on any atom is -0.326 e. The summed E-state index contributed by atoms with van der Waals surface area (Å²) >= 11 is 1.36. The SMILES string of the molecule is NCc1ccnnc1Sc1ncn[nH]1. The molecule has 0 saturated carbocycles. The zero-order valence-electron chi connectivity index (χ0n) is 7.21. The second kappa shape index (κ2) is 4.16. The standard InChI is InChI=1S/C7H8N6S/c8-3-5-1-2-10-12-6(5)14-7-9-4-11-13-7/h1-2,4H,3,8H2,(H,9,11,13). The predicted molar refractivity (Wildman–Crippen MR) is 50.4 cm³/mol. The number of aromatic amines is 1. The molecule has 0 aromatic carbocycles.